The molecule has 4 aliphatic heterocycles. The molecule has 0 saturated carbocycles. The summed E-state index contributed by atoms with van der Waals surface area (Å²) in [5.41, 5.74) is 1.50. The van der Waals surface area contributed by atoms with Crippen LogP contribution in [-0.2, 0) is 32.2 Å². The zero-order chi connectivity index (χ0) is 29.0. The summed E-state index contributed by atoms with van der Waals surface area (Å²) < 4.78 is 45.4. The van der Waals surface area contributed by atoms with E-state index in [-0.39, 0.29) is 11.8 Å². The van der Waals surface area contributed by atoms with E-state index in [4.69, 9.17) is 9.47 Å². The molecule has 6 rings (SSSR count). The number of amides is 2. The first kappa shape index (κ1) is 30.8. The molecule has 2 unspecified atom stereocenters. The predicted octanol–water partition coefficient (Wildman–Crippen LogP) is 3.38. The molecule has 0 N–H and O–H groups in total. The van der Waals surface area contributed by atoms with Crippen molar-refractivity contribution in [1.82, 2.24) is 28.9 Å². The molecule has 2 aromatic heterocycles. The first-order valence-corrected chi connectivity index (χ1v) is 14.2. The predicted molar refractivity (Wildman–Crippen MR) is 148 cm³/mol. The van der Waals surface area contributed by atoms with Crippen molar-refractivity contribution >= 4 is 48.2 Å². The van der Waals surface area contributed by atoms with E-state index in [1.165, 1.54) is 18.9 Å². The number of fused-ring (bicyclic) bond motifs is 2. The molecule has 2 atom stereocenters. The second kappa shape index (κ2) is 13.7. The summed E-state index contributed by atoms with van der Waals surface area (Å²) in [6, 6.07) is 0. The molecule has 6 heterocycles. The molecule has 0 spiro atoms. The number of nitrogens with zero attached hydrogens (tertiary/aromatic N) is 7. The number of rotatable bonds is 2. The third kappa shape index (κ3) is 6.34. The van der Waals surface area contributed by atoms with Crippen LogP contribution in [0.25, 0.3) is 0 Å². The van der Waals surface area contributed by atoms with Gasteiger partial charge in [-0.05, 0) is 41.6 Å². The van der Waals surface area contributed by atoms with Crippen LogP contribution in [-0.4, -0.2) is 88.9 Å². The van der Waals surface area contributed by atoms with Gasteiger partial charge in [0.15, 0.2) is 0 Å². The number of ether oxygens (including phenoxy) is 2. The molecule has 16 heteroatoms. The second-order valence-electron chi connectivity index (χ2n) is 10.0. The number of aromatic nitrogens is 4. The fourth-order valence-electron chi connectivity index (χ4n) is 5.35. The van der Waals surface area contributed by atoms with Crippen LogP contribution < -0.4 is 0 Å². The molecule has 217 valence electrons. The number of hydrogen-bond donors (Lipinski definition) is 1. The quantitative estimate of drug-likeness (QED) is 0.398. The Labute approximate surface area is 246 Å². The van der Waals surface area contributed by atoms with E-state index < -0.39 is 24.4 Å². The van der Waals surface area contributed by atoms with Crippen molar-refractivity contribution in [2.24, 2.45) is 4.30 Å². The van der Waals surface area contributed by atoms with Crippen molar-refractivity contribution in [3.63, 3.8) is 0 Å². The van der Waals surface area contributed by atoms with Crippen molar-refractivity contribution in [1.29, 1.82) is 0 Å². The molecule has 1 radical (unpaired) electrons. The summed E-state index contributed by atoms with van der Waals surface area (Å²) in [5, 5.41) is 0. The summed E-state index contributed by atoms with van der Waals surface area (Å²) in [6.45, 7) is 3.49. The zero-order valence-electron chi connectivity index (χ0n) is 22.4. The molecule has 2 aromatic rings. The maximum atomic E-state index is 14.3. The summed E-state index contributed by atoms with van der Waals surface area (Å²) in [4.78, 5) is 35.0. The third-order valence-corrected chi connectivity index (χ3v) is 8.10. The van der Waals surface area contributed by atoms with Gasteiger partial charge >= 0.3 is 24.8 Å². The van der Waals surface area contributed by atoms with E-state index >= 15 is 0 Å². The number of carbonyl (C=O) groups is 2. The van der Waals surface area contributed by atoms with Gasteiger partial charge in [0, 0.05) is 52.4 Å². The van der Waals surface area contributed by atoms with E-state index in [9.17, 15) is 18.4 Å². The molecule has 11 nitrogen and oxygen atoms in total. The molecule has 0 bridgehead atoms. The number of carbonyl (C=O) groups excluding carboxylic acids is 2. The molecular weight excluding hydrogens is 611 g/mol. The summed E-state index contributed by atoms with van der Waals surface area (Å²) in [7, 11) is 7.55. The Hall–Kier alpha value is -2.17. The fourth-order valence-corrected chi connectivity index (χ4v) is 5.85. The van der Waals surface area contributed by atoms with Gasteiger partial charge in [-0.2, -0.15) is 0 Å². The number of thiol groups is 1. The maximum absolute atomic E-state index is 14.3. The Balaban J connectivity index is 0.000000169. The second-order valence-corrected chi connectivity index (χ2v) is 11.0. The SMILES string of the molecule is CN1Cc2c(Br)nc(C3CCOCC3)n2C(F)C1=O.CN1Cc2cnc(C3CCOCC3)n2C(F)C1=O.[B]=NS. The van der Waals surface area contributed by atoms with Crippen LogP contribution in [0.1, 0.15) is 73.1 Å². The molecule has 40 heavy (non-hydrogen) atoms. The molecule has 4 aliphatic rings. The monoisotopic (exact) mass is 642 g/mol. The van der Waals surface area contributed by atoms with Gasteiger partial charge in [-0.3, -0.25) is 18.7 Å². The Kier molecular flexibility index (Phi) is 10.5. The van der Waals surface area contributed by atoms with Crippen LogP contribution >= 0.6 is 28.7 Å². The minimum atomic E-state index is -1.66. The van der Waals surface area contributed by atoms with Gasteiger partial charge in [0.25, 0.3) is 24.4 Å². The van der Waals surface area contributed by atoms with Gasteiger partial charge in [-0.15, -0.1) is 0 Å². The van der Waals surface area contributed by atoms with Crippen LogP contribution in [0.4, 0.5) is 8.78 Å². The van der Waals surface area contributed by atoms with Gasteiger partial charge in [-0.25, -0.2) is 18.7 Å². The summed E-state index contributed by atoms with van der Waals surface area (Å²) >= 11 is 6.57. The Bertz CT molecular complexity index is 1220. The average molecular weight is 643 g/mol. The number of imidazole rings is 2. The van der Waals surface area contributed by atoms with Gasteiger partial charge < -0.3 is 19.3 Å². The van der Waals surface area contributed by atoms with E-state index in [0.29, 0.717) is 55.8 Å². The van der Waals surface area contributed by atoms with Crippen LogP contribution in [0.15, 0.2) is 15.1 Å². The first-order chi connectivity index (χ1) is 19.2. The van der Waals surface area contributed by atoms with Crippen molar-refractivity contribution < 1.29 is 27.8 Å². The van der Waals surface area contributed by atoms with E-state index in [2.05, 4.69) is 50.7 Å². The van der Waals surface area contributed by atoms with Crippen LogP contribution in [0, 0.1) is 0 Å². The van der Waals surface area contributed by atoms with Gasteiger partial charge in [0.2, 0.25) is 0 Å². The summed E-state index contributed by atoms with van der Waals surface area (Å²) in [5.74, 6) is 0.719. The van der Waals surface area contributed by atoms with Crippen LogP contribution in [0.2, 0.25) is 0 Å². The molecule has 0 aromatic carbocycles. The molecule has 2 saturated heterocycles. The Morgan fingerprint density at radius 3 is 1.95 bits per heavy atom. The molecule has 2 fully saturated rings. The number of halogens is 3. The van der Waals surface area contributed by atoms with Gasteiger partial charge in [0.05, 0.1) is 30.7 Å². The van der Waals surface area contributed by atoms with Gasteiger partial charge in [-0.1, -0.05) is 0 Å². The topological polar surface area (TPSA) is 107 Å². The minimum absolute atomic E-state index is 0.160. The fraction of sp³-hybridized carbons (Fsp3) is 0.667. The van der Waals surface area contributed by atoms with Crippen molar-refractivity contribution in [2.45, 2.75) is 63.2 Å². The molecular formula is C24H32BBrF2N7O4S. The summed E-state index contributed by atoms with van der Waals surface area (Å²) in [6.07, 6.45) is 1.71. The van der Waals surface area contributed by atoms with Gasteiger partial charge in [0.1, 0.15) is 16.3 Å². The standard InChI is InChI=1S/C12H15BrFN3O2.C12H16FN3O2.BHNS/c1-16-6-8-9(13)15-11(7-2-4-19-5-3-7)17(8)10(14)12(16)18;1-15-7-9-6-14-11(8-2-4-18-5-3-8)16(9)10(13)12(15)17;1-2-3/h7,10H,2-6H2,1H3;6,8,10H,2-5,7H2,1H3;3H. The zero-order valence-corrected chi connectivity index (χ0v) is 24.9. The van der Waals surface area contributed by atoms with Crippen molar-refractivity contribution in [3.8, 4) is 0 Å². The third-order valence-electron chi connectivity index (χ3n) is 7.46. The van der Waals surface area contributed by atoms with Crippen molar-refractivity contribution in [3.05, 3.63) is 33.8 Å². The van der Waals surface area contributed by atoms with E-state index in [1.54, 1.807) is 20.3 Å². The normalized spacial score (nSPS) is 23.4. The molecule has 0 aliphatic carbocycles. The number of likely N-dealkylation sites (N-methyl/N-ethyl adjacent to an activating group) is 2. The molecule has 2 amide bonds. The Morgan fingerprint density at radius 2 is 1.40 bits per heavy atom. The van der Waals surface area contributed by atoms with Crippen LogP contribution in [0.5, 0.6) is 0 Å². The van der Waals surface area contributed by atoms with Crippen LogP contribution in [0.3, 0.4) is 0 Å². The number of hydrogen-bond acceptors (Lipinski definition) is 8. The Morgan fingerprint density at radius 1 is 0.925 bits per heavy atom. The first-order valence-electron chi connectivity index (χ1n) is 13.0. The van der Waals surface area contributed by atoms with E-state index in [0.717, 1.165) is 37.1 Å². The number of alkyl halides is 2. The average Bonchev–Trinajstić information content (AvgIpc) is 3.53. The van der Waals surface area contributed by atoms with E-state index in [1.807, 2.05) is 0 Å². The van der Waals surface area contributed by atoms with Crippen molar-refractivity contribution in [2.75, 3.05) is 40.5 Å².